The number of fused-ring (bicyclic) bond motifs is 4. The minimum absolute atomic E-state index is 0.0549. The van der Waals surface area contributed by atoms with Crippen LogP contribution in [0.2, 0.25) is 0 Å². The fourth-order valence-electron chi connectivity index (χ4n) is 7.12. The van der Waals surface area contributed by atoms with E-state index in [1.807, 2.05) is 30.3 Å². The Bertz CT molecular complexity index is 1160. The van der Waals surface area contributed by atoms with Gasteiger partial charge < -0.3 is 20.5 Å². The number of nitrogens with zero attached hydrogens (tertiary/aromatic N) is 1. The molecule has 2 aromatic rings. The summed E-state index contributed by atoms with van der Waals surface area (Å²) in [6.45, 7) is 2.15. The van der Waals surface area contributed by atoms with Crippen molar-refractivity contribution in [3.8, 4) is 5.75 Å². The van der Waals surface area contributed by atoms with Gasteiger partial charge in [-0.15, -0.1) is 0 Å². The number of nitrogens with one attached hydrogen (secondary N) is 2. The molecule has 7 nitrogen and oxygen atoms in total. The molecule has 4 fully saturated rings. The van der Waals surface area contributed by atoms with Gasteiger partial charge in [0.15, 0.2) is 0 Å². The predicted molar refractivity (Wildman–Crippen MR) is 145 cm³/mol. The zero-order chi connectivity index (χ0) is 26.2. The lowest BCUT2D eigenvalue weighted by Gasteiger charge is -2.54. The highest BCUT2D eigenvalue weighted by Gasteiger charge is 2.51. The summed E-state index contributed by atoms with van der Waals surface area (Å²) in [5, 5.41) is 17.4. The summed E-state index contributed by atoms with van der Waals surface area (Å²) >= 11 is 0. The fourth-order valence-corrected chi connectivity index (χ4v) is 7.12. The number of aliphatic hydroxyl groups is 1. The van der Waals surface area contributed by atoms with Gasteiger partial charge >= 0.3 is 0 Å². The van der Waals surface area contributed by atoms with Gasteiger partial charge in [0.2, 0.25) is 11.8 Å². The van der Waals surface area contributed by atoms with Crippen molar-refractivity contribution in [1.29, 1.82) is 0 Å². The highest BCUT2D eigenvalue weighted by molar-refractivity contribution is 5.84. The lowest BCUT2D eigenvalue weighted by atomic mass is 9.61. The summed E-state index contributed by atoms with van der Waals surface area (Å²) in [5.41, 5.74) is 2.98. The molecule has 0 radical (unpaired) electrons. The maximum atomic E-state index is 13.5. The van der Waals surface area contributed by atoms with Crippen LogP contribution in [0.1, 0.15) is 68.1 Å². The Hall–Kier alpha value is -2.90. The second-order valence-corrected chi connectivity index (χ2v) is 11.9. The molecule has 5 aliphatic rings. The third kappa shape index (κ3) is 5.19. The van der Waals surface area contributed by atoms with Gasteiger partial charge in [0.1, 0.15) is 11.8 Å². The smallest absolute Gasteiger partial charge is 0.240 e. The van der Waals surface area contributed by atoms with Crippen LogP contribution in [0.5, 0.6) is 5.75 Å². The SMILES string of the molecule is O=C(Cc1ccc2c(c1)CCCO2)NC12CCC(NC(=O)[C@@H]3[C@@H](O)CCN3Cc3ccccc3)(CC1)CC2. The van der Waals surface area contributed by atoms with Crippen molar-refractivity contribution in [3.05, 3.63) is 65.2 Å². The third-order valence-electron chi connectivity index (χ3n) is 9.34. The molecule has 0 spiro atoms. The van der Waals surface area contributed by atoms with Crippen LogP contribution < -0.4 is 15.4 Å². The van der Waals surface area contributed by atoms with Crippen LogP contribution >= 0.6 is 0 Å². The van der Waals surface area contributed by atoms with Crippen LogP contribution in [0.15, 0.2) is 48.5 Å². The molecule has 3 N–H and O–H groups in total. The van der Waals surface area contributed by atoms with Crippen LogP contribution in [0, 0.1) is 0 Å². The third-order valence-corrected chi connectivity index (χ3v) is 9.34. The van der Waals surface area contributed by atoms with Gasteiger partial charge in [-0.05, 0) is 80.5 Å². The lowest BCUT2D eigenvalue weighted by Crippen LogP contribution is -2.65. The number of amides is 2. The molecule has 3 aliphatic carbocycles. The number of carbonyl (C=O) groups excluding carboxylic acids is 2. The summed E-state index contributed by atoms with van der Waals surface area (Å²) in [4.78, 5) is 28.6. The first-order valence-corrected chi connectivity index (χ1v) is 14.3. The van der Waals surface area contributed by atoms with Crippen LogP contribution in [0.25, 0.3) is 0 Å². The maximum Gasteiger partial charge on any atom is 0.240 e. The second kappa shape index (κ2) is 10.3. The van der Waals surface area contributed by atoms with Crippen LogP contribution in [0.4, 0.5) is 0 Å². The Labute approximate surface area is 224 Å². The van der Waals surface area contributed by atoms with E-state index in [1.54, 1.807) is 0 Å². The molecule has 2 aromatic carbocycles. The van der Waals surface area contributed by atoms with Gasteiger partial charge in [-0.2, -0.15) is 0 Å². The van der Waals surface area contributed by atoms with Crippen LogP contribution in [-0.2, 0) is 29.0 Å². The number of benzene rings is 2. The number of ether oxygens (including phenoxy) is 1. The molecule has 7 heteroatoms. The van der Waals surface area contributed by atoms with Gasteiger partial charge in [-0.3, -0.25) is 14.5 Å². The molecular weight excluding hydrogens is 478 g/mol. The van der Waals surface area contributed by atoms with Gasteiger partial charge in [0.25, 0.3) is 0 Å². The number of rotatable bonds is 7. The van der Waals surface area contributed by atoms with E-state index in [9.17, 15) is 14.7 Å². The Morgan fingerprint density at radius 1 is 0.947 bits per heavy atom. The maximum absolute atomic E-state index is 13.5. The monoisotopic (exact) mass is 517 g/mol. The second-order valence-electron chi connectivity index (χ2n) is 11.9. The van der Waals surface area contributed by atoms with Crippen molar-refractivity contribution >= 4 is 11.8 Å². The number of hydrogen-bond acceptors (Lipinski definition) is 5. The molecule has 7 rings (SSSR count). The number of aliphatic hydroxyl groups excluding tert-OH is 1. The number of likely N-dealkylation sites (tertiary alicyclic amines) is 1. The highest BCUT2D eigenvalue weighted by Crippen LogP contribution is 2.47. The molecule has 2 amide bonds. The topological polar surface area (TPSA) is 90.9 Å². The first-order valence-electron chi connectivity index (χ1n) is 14.3. The van der Waals surface area contributed by atoms with Crippen molar-refractivity contribution < 1.29 is 19.4 Å². The Morgan fingerprint density at radius 3 is 2.39 bits per heavy atom. The highest BCUT2D eigenvalue weighted by atomic mass is 16.5. The normalized spacial score (nSPS) is 30.3. The Balaban J connectivity index is 1.04. The van der Waals surface area contributed by atoms with Crippen molar-refractivity contribution in [2.45, 2.75) is 94.0 Å². The van der Waals surface area contributed by atoms with E-state index < -0.39 is 12.1 Å². The molecule has 2 heterocycles. The molecular formula is C31H39N3O4. The number of aryl methyl sites for hydroxylation is 1. The zero-order valence-electron chi connectivity index (χ0n) is 22.1. The number of hydrogen-bond donors (Lipinski definition) is 3. The molecule has 3 saturated carbocycles. The van der Waals surface area contributed by atoms with E-state index in [-0.39, 0.29) is 22.9 Å². The van der Waals surface area contributed by atoms with Crippen molar-refractivity contribution in [3.63, 3.8) is 0 Å². The molecule has 2 bridgehead atoms. The Morgan fingerprint density at radius 2 is 1.66 bits per heavy atom. The van der Waals surface area contributed by atoms with Crippen molar-refractivity contribution in [2.75, 3.05) is 13.2 Å². The van der Waals surface area contributed by atoms with Crippen LogP contribution in [-0.4, -0.2) is 58.2 Å². The lowest BCUT2D eigenvalue weighted by molar-refractivity contribution is -0.133. The van der Waals surface area contributed by atoms with Gasteiger partial charge in [0, 0.05) is 24.2 Å². The summed E-state index contributed by atoms with van der Waals surface area (Å²) < 4.78 is 5.70. The quantitative estimate of drug-likeness (QED) is 0.525. The molecule has 1 saturated heterocycles. The van der Waals surface area contributed by atoms with E-state index in [1.165, 1.54) is 5.56 Å². The van der Waals surface area contributed by atoms with E-state index in [2.05, 4.69) is 33.7 Å². The molecule has 0 unspecified atom stereocenters. The first-order chi connectivity index (χ1) is 18.4. The van der Waals surface area contributed by atoms with Gasteiger partial charge in [0.05, 0.1) is 19.1 Å². The Kier molecular flexibility index (Phi) is 6.91. The summed E-state index contributed by atoms with van der Waals surface area (Å²) in [5.74, 6) is 0.969. The first kappa shape index (κ1) is 25.4. The molecule has 38 heavy (non-hydrogen) atoms. The van der Waals surface area contributed by atoms with E-state index in [4.69, 9.17) is 4.74 Å². The van der Waals surface area contributed by atoms with Crippen LogP contribution in [0.3, 0.4) is 0 Å². The van der Waals surface area contributed by atoms with E-state index in [0.29, 0.717) is 25.9 Å². The summed E-state index contributed by atoms with van der Waals surface area (Å²) in [6.07, 6.45) is 7.57. The zero-order valence-corrected chi connectivity index (χ0v) is 22.1. The molecule has 2 aliphatic heterocycles. The molecule has 202 valence electrons. The number of carbonyl (C=O) groups is 2. The van der Waals surface area contributed by atoms with Crippen molar-refractivity contribution in [2.24, 2.45) is 0 Å². The standard InChI is InChI=1S/C31H39N3O4/c35-25-10-17-34(21-22-5-2-1-3-6-22)28(25)29(37)33-31-14-11-30(12-15-31,13-16-31)32-27(36)20-23-8-9-26-24(19-23)7-4-18-38-26/h1-3,5-6,8-9,19,25,28,35H,4,7,10-18,20-21H2,(H,32,36)(H,33,37)/t25-,28-,30?,31?/m0/s1. The molecule has 0 aromatic heterocycles. The van der Waals surface area contributed by atoms with E-state index >= 15 is 0 Å². The van der Waals surface area contributed by atoms with Gasteiger partial charge in [-0.25, -0.2) is 0 Å². The summed E-state index contributed by atoms with van der Waals surface area (Å²) in [7, 11) is 0. The molecule has 2 atom stereocenters. The average Bonchev–Trinajstić information content (AvgIpc) is 3.29. The van der Waals surface area contributed by atoms with Crippen molar-refractivity contribution in [1.82, 2.24) is 15.5 Å². The fraction of sp³-hybridized carbons (Fsp3) is 0.548. The minimum atomic E-state index is -0.643. The van der Waals surface area contributed by atoms with Gasteiger partial charge in [-0.1, -0.05) is 42.5 Å². The average molecular weight is 518 g/mol. The van der Waals surface area contributed by atoms with E-state index in [0.717, 1.165) is 74.8 Å². The predicted octanol–water partition coefficient (Wildman–Crippen LogP) is 3.27. The minimum Gasteiger partial charge on any atom is -0.493 e. The largest absolute Gasteiger partial charge is 0.493 e. The summed E-state index contributed by atoms with van der Waals surface area (Å²) in [6, 6.07) is 15.7.